The number of benzene rings is 6. The summed E-state index contributed by atoms with van der Waals surface area (Å²) in [5.41, 5.74) is 5.93. The minimum absolute atomic E-state index is 0.904. The first-order chi connectivity index (χ1) is 16.9. The number of ether oxygens (including phenoxy) is 1. The van der Waals surface area contributed by atoms with Crippen molar-refractivity contribution in [3.63, 3.8) is 0 Å². The molecule has 0 N–H and O–H groups in total. The SMILES string of the molecule is c1cc2c3c(cccc3c1)-c1cc(-n3c4ccccc4c4c5ccccc5ccc43)ccc1O2. The molecule has 0 bridgehead atoms. The Morgan fingerprint density at radius 2 is 1.26 bits per heavy atom. The maximum absolute atomic E-state index is 6.35. The summed E-state index contributed by atoms with van der Waals surface area (Å²) < 4.78 is 8.73. The highest BCUT2D eigenvalue weighted by Gasteiger charge is 2.21. The van der Waals surface area contributed by atoms with Crippen LogP contribution in [0, 0.1) is 0 Å². The minimum atomic E-state index is 0.904. The van der Waals surface area contributed by atoms with Crippen LogP contribution >= 0.6 is 0 Å². The zero-order valence-electron chi connectivity index (χ0n) is 18.3. The van der Waals surface area contributed by atoms with Gasteiger partial charge in [0.05, 0.1) is 11.0 Å². The summed E-state index contributed by atoms with van der Waals surface area (Å²) in [7, 11) is 0. The van der Waals surface area contributed by atoms with Crippen LogP contribution in [0.1, 0.15) is 0 Å². The van der Waals surface area contributed by atoms with Crippen molar-refractivity contribution in [2.45, 2.75) is 0 Å². The molecule has 8 rings (SSSR count). The van der Waals surface area contributed by atoms with Crippen LogP contribution < -0.4 is 4.74 Å². The van der Waals surface area contributed by atoms with Crippen molar-refractivity contribution in [1.82, 2.24) is 4.57 Å². The van der Waals surface area contributed by atoms with E-state index in [2.05, 4.69) is 120 Å². The van der Waals surface area contributed by atoms with Crippen molar-refractivity contribution in [3.05, 3.63) is 115 Å². The van der Waals surface area contributed by atoms with Crippen molar-refractivity contribution in [2.75, 3.05) is 0 Å². The average Bonchev–Trinajstić information content (AvgIpc) is 3.24. The summed E-state index contributed by atoms with van der Waals surface area (Å²) in [5.74, 6) is 1.83. The van der Waals surface area contributed by atoms with Gasteiger partial charge in [-0.15, -0.1) is 0 Å². The second-order valence-electron chi connectivity index (χ2n) is 8.98. The van der Waals surface area contributed by atoms with E-state index in [1.54, 1.807) is 0 Å². The van der Waals surface area contributed by atoms with E-state index in [-0.39, 0.29) is 0 Å². The van der Waals surface area contributed by atoms with Crippen LogP contribution in [0.5, 0.6) is 11.5 Å². The normalized spacial score (nSPS) is 12.4. The third kappa shape index (κ3) is 2.29. The van der Waals surface area contributed by atoms with Crippen molar-refractivity contribution in [2.24, 2.45) is 0 Å². The lowest BCUT2D eigenvalue weighted by molar-refractivity contribution is 0.487. The Balaban J connectivity index is 1.47. The molecule has 34 heavy (non-hydrogen) atoms. The summed E-state index contributed by atoms with van der Waals surface area (Å²) in [4.78, 5) is 0. The molecule has 0 saturated heterocycles. The number of aromatic nitrogens is 1. The summed E-state index contributed by atoms with van der Waals surface area (Å²) in [6, 6.07) is 41.2. The molecule has 2 heteroatoms. The van der Waals surface area contributed by atoms with E-state index in [1.165, 1.54) is 48.9 Å². The highest BCUT2D eigenvalue weighted by atomic mass is 16.5. The first kappa shape index (κ1) is 17.9. The molecule has 1 aromatic heterocycles. The summed E-state index contributed by atoms with van der Waals surface area (Å²) in [5, 5.41) is 7.51. The molecule has 0 amide bonds. The van der Waals surface area contributed by atoms with Crippen LogP contribution in [0.3, 0.4) is 0 Å². The van der Waals surface area contributed by atoms with Crippen LogP contribution in [0.15, 0.2) is 115 Å². The Morgan fingerprint density at radius 3 is 2.21 bits per heavy atom. The van der Waals surface area contributed by atoms with Gasteiger partial charge in [0.1, 0.15) is 11.5 Å². The Morgan fingerprint density at radius 1 is 0.471 bits per heavy atom. The predicted octanol–water partition coefficient (Wildman–Crippen LogP) is 8.86. The van der Waals surface area contributed by atoms with Gasteiger partial charge in [-0.1, -0.05) is 78.9 Å². The molecule has 6 aromatic carbocycles. The van der Waals surface area contributed by atoms with Gasteiger partial charge in [-0.3, -0.25) is 0 Å². The standard InChI is InChI=1S/C32H19NO/c1-2-10-23-20(7-1)15-17-28-32(23)25-11-3-4-13-27(25)33(28)22-16-18-29-26(19-22)24-12-5-8-21-9-6-14-30(34-29)31(21)24/h1-19H. The van der Waals surface area contributed by atoms with E-state index < -0.39 is 0 Å². The van der Waals surface area contributed by atoms with Crippen molar-refractivity contribution >= 4 is 43.4 Å². The van der Waals surface area contributed by atoms with Gasteiger partial charge in [0.2, 0.25) is 0 Å². The van der Waals surface area contributed by atoms with E-state index in [0.29, 0.717) is 0 Å². The molecule has 2 heterocycles. The van der Waals surface area contributed by atoms with Gasteiger partial charge in [0.25, 0.3) is 0 Å². The first-order valence-electron chi connectivity index (χ1n) is 11.6. The van der Waals surface area contributed by atoms with Crippen LogP contribution in [-0.2, 0) is 0 Å². The lowest BCUT2D eigenvalue weighted by Gasteiger charge is -2.22. The molecule has 0 radical (unpaired) electrons. The quantitative estimate of drug-likeness (QED) is 0.252. The third-order valence-electron chi connectivity index (χ3n) is 7.16. The molecule has 0 atom stereocenters. The Kier molecular flexibility index (Phi) is 3.42. The smallest absolute Gasteiger partial charge is 0.135 e. The molecule has 0 aliphatic carbocycles. The number of para-hydroxylation sites is 1. The second-order valence-corrected chi connectivity index (χ2v) is 8.98. The van der Waals surface area contributed by atoms with E-state index in [9.17, 15) is 0 Å². The highest BCUT2D eigenvalue weighted by molar-refractivity contribution is 6.21. The second kappa shape index (κ2) is 6.49. The number of nitrogens with zero attached hydrogens (tertiary/aromatic N) is 1. The molecule has 158 valence electrons. The van der Waals surface area contributed by atoms with E-state index in [4.69, 9.17) is 4.74 Å². The van der Waals surface area contributed by atoms with Crippen molar-refractivity contribution < 1.29 is 4.74 Å². The van der Waals surface area contributed by atoms with Crippen LogP contribution in [0.4, 0.5) is 0 Å². The maximum Gasteiger partial charge on any atom is 0.135 e. The largest absolute Gasteiger partial charge is 0.456 e. The van der Waals surface area contributed by atoms with Gasteiger partial charge in [-0.05, 0) is 58.1 Å². The van der Waals surface area contributed by atoms with Gasteiger partial charge in [0.15, 0.2) is 0 Å². The molecule has 7 aromatic rings. The molecule has 2 nitrogen and oxygen atoms in total. The van der Waals surface area contributed by atoms with Crippen LogP contribution in [-0.4, -0.2) is 4.57 Å². The molecular formula is C32H19NO. The molecule has 0 fully saturated rings. The number of rotatable bonds is 1. The van der Waals surface area contributed by atoms with E-state index in [1.807, 2.05) is 0 Å². The Hall–Kier alpha value is -4.56. The fourth-order valence-corrected chi connectivity index (χ4v) is 5.71. The lowest BCUT2D eigenvalue weighted by Crippen LogP contribution is -2.00. The number of hydrogen-bond donors (Lipinski definition) is 0. The minimum Gasteiger partial charge on any atom is -0.456 e. The van der Waals surface area contributed by atoms with Crippen LogP contribution in [0.25, 0.3) is 60.2 Å². The average molecular weight is 434 g/mol. The van der Waals surface area contributed by atoms with Gasteiger partial charge in [0, 0.05) is 27.4 Å². The van der Waals surface area contributed by atoms with E-state index in [0.717, 1.165) is 22.7 Å². The van der Waals surface area contributed by atoms with Crippen molar-refractivity contribution in [1.29, 1.82) is 0 Å². The fraction of sp³-hybridized carbons (Fsp3) is 0. The van der Waals surface area contributed by atoms with Crippen molar-refractivity contribution in [3.8, 4) is 28.3 Å². The summed E-state index contributed by atoms with van der Waals surface area (Å²) in [6.07, 6.45) is 0. The molecule has 1 aliphatic heterocycles. The zero-order chi connectivity index (χ0) is 22.2. The third-order valence-corrected chi connectivity index (χ3v) is 7.16. The fourth-order valence-electron chi connectivity index (χ4n) is 5.71. The molecule has 1 aliphatic rings. The molecular weight excluding hydrogens is 414 g/mol. The summed E-state index contributed by atoms with van der Waals surface area (Å²) >= 11 is 0. The van der Waals surface area contributed by atoms with Gasteiger partial charge in [-0.2, -0.15) is 0 Å². The maximum atomic E-state index is 6.35. The lowest BCUT2D eigenvalue weighted by atomic mass is 9.94. The van der Waals surface area contributed by atoms with E-state index >= 15 is 0 Å². The Bertz CT molecular complexity index is 1940. The van der Waals surface area contributed by atoms with Gasteiger partial charge >= 0.3 is 0 Å². The monoisotopic (exact) mass is 433 g/mol. The zero-order valence-corrected chi connectivity index (χ0v) is 18.3. The molecule has 0 saturated carbocycles. The first-order valence-corrected chi connectivity index (χ1v) is 11.6. The molecule has 0 unspecified atom stereocenters. The van der Waals surface area contributed by atoms with Gasteiger partial charge in [-0.25, -0.2) is 0 Å². The highest BCUT2D eigenvalue weighted by Crippen LogP contribution is 2.47. The Labute approximate surface area is 196 Å². The number of fused-ring (bicyclic) bond motifs is 7. The predicted molar refractivity (Wildman–Crippen MR) is 141 cm³/mol. The van der Waals surface area contributed by atoms with Crippen LogP contribution in [0.2, 0.25) is 0 Å². The topological polar surface area (TPSA) is 14.2 Å². The molecule has 0 spiro atoms. The number of hydrogen-bond acceptors (Lipinski definition) is 1. The summed E-state index contributed by atoms with van der Waals surface area (Å²) in [6.45, 7) is 0. The van der Waals surface area contributed by atoms with Gasteiger partial charge < -0.3 is 9.30 Å².